The number of halogens is 2. The SMILES string of the molecule is Cc1c(Br)cc(CNC(CC(C)C)C(=O)O)cc1Br. The molecule has 0 saturated carbocycles. The Labute approximate surface area is 131 Å². The first-order valence-corrected chi connectivity index (χ1v) is 7.80. The second-order valence-electron chi connectivity index (χ2n) is 5.09. The minimum atomic E-state index is -0.793. The van der Waals surface area contributed by atoms with Crippen LogP contribution in [0, 0.1) is 12.8 Å². The number of aliphatic carboxylic acids is 1. The molecule has 106 valence electrons. The van der Waals surface area contributed by atoms with Crippen molar-refractivity contribution < 1.29 is 9.90 Å². The largest absolute Gasteiger partial charge is 0.480 e. The molecule has 0 bridgehead atoms. The number of rotatable bonds is 6. The number of hydrogen-bond donors (Lipinski definition) is 2. The van der Waals surface area contributed by atoms with Gasteiger partial charge >= 0.3 is 5.97 Å². The number of carboxylic acid groups (broad SMARTS) is 1. The standard InChI is InChI=1S/C14H19Br2NO2/c1-8(2)4-13(14(18)19)17-7-10-5-11(15)9(3)12(16)6-10/h5-6,8,13,17H,4,7H2,1-3H3,(H,18,19). The zero-order valence-electron chi connectivity index (χ0n) is 11.3. The average Bonchev–Trinajstić information content (AvgIpc) is 2.30. The second kappa shape index (κ2) is 7.41. The summed E-state index contributed by atoms with van der Waals surface area (Å²) in [6.45, 7) is 6.61. The average molecular weight is 393 g/mol. The lowest BCUT2D eigenvalue weighted by molar-refractivity contribution is -0.140. The van der Waals surface area contributed by atoms with E-state index < -0.39 is 12.0 Å². The van der Waals surface area contributed by atoms with Crippen LogP contribution in [0.2, 0.25) is 0 Å². The van der Waals surface area contributed by atoms with Crippen molar-refractivity contribution >= 4 is 37.8 Å². The van der Waals surface area contributed by atoms with E-state index in [0.29, 0.717) is 18.9 Å². The molecule has 0 amide bonds. The highest BCUT2D eigenvalue weighted by atomic mass is 79.9. The molecule has 0 aromatic heterocycles. The summed E-state index contributed by atoms with van der Waals surface area (Å²) >= 11 is 7.00. The molecule has 1 rings (SSSR count). The lowest BCUT2D eigenvalue weighted by Gasteiger charge is -2.17. The summed E-state index contributed by atoms with van der Waals surface area (Å²) in [7, 11) is 0. The highest BCUT2D eigenvalue weighted by Crippen LogP contribution is 2.26. The number of nitrogens with one attached hydrogen (secondary N) is 1. The Hall–Kier alpha value is -0.390. The molecule has 0 radical (unpaired) electrons. The van der Waals surface area contributed by atoms with Gasteiger partial charge in [0.05, 0.1) is 0 Å². The number of benzene rings is 1. The molecule has 0 saturated heterocycles. The Kier molecular flexibility index (Phi) is 6.50. The van der Waals surface area contributed by atoms with E-state index in [1.54, 1.807) is 0 Å². The molecule has 19 heavy (non-hydrogen) atoms. The molecule has 0 aliphatic heterocycles. The summed E-state index contributed by atoms with van der Waals surface area (Å²) in [6, 6.07) is 3.53. The molecule has 0 aliphatic rings. The third-order valence-electron chi connectivity index (χ3n) is 2.90. The van der Waals surface area contributed by atoms with Crippen molar-refractivity contribution in [3.05, 3.63) is 32.2 Å². The molecule has 0 aliphatic carbocycles. The molecular formula is C14H19Br2NO2. The molecular weight excluding hydrogens is 374 g/mol. The van der Waals surface area contributed by atoms with Gasteiger partial charge in [-0.15, -0.1) is 0 Å². The summed E-state index contributed by atoms with van der Waals surface area (Å²) in [5, 5.41) is 12.3. The number of hydrogen-bond acceptors (Lipinski definition) is 2. The maximum absolute atomic E-state index is 11.2. The van der Waals surface area contributed by atoms with Crippen LogP contribution in [0.15, 0.2) is 21.1 Å². The van der Waals surface area contributed by atoms with Gasteiger partial charge in [-0.25, -0.2) is 0 Å². The van der Waals surface area contributed by atoms with Crippen LogP contribution in [-0.2, 0) is 11.3 Å². The topological polar surface area (TPSA) is 49.3 Å². The molecule has 1 aromatic carbocycles. The molecule has 0 fully saturated rings. The first-order valence-electron chi connectivity index (χ1n) is 6.22. The Morgan fingerprint density at radius 2 is 1.84 bits per heavy atom. The smallest absolute Gasteiger partial charge is 0.320 e. The molecule has 2 N–H and O–H groups in total. The van der Waals surface area contributed by atoms with Gasteiger partial charge in [0.1, 0.15) is 6.04 Å². The molecule has 1 atom stereocenters. The summed E-state index contributed by atoms with van der Waals surface area (Å²) < 4.78 is 2.05. The van der Waals surface area contributed by atoms with Gasteiger partial charge in [-0.05, 0) is 42.5 Å². The highest BCUT2D eigenvalue weighted by molar-refractivity contribution is 9.11. The fourth-order valence-corrected chi connectivity index (χ4v) is 3.07. The Morgan fingerprint density at radius 1 is 1.32 bits per heavy atom. The summed E-state index contributed by atoms with van der Waals surface area (Å²) in [5.41, 5.74) is 2.19. The summed E-state index contributed by atoms with van der Waals surface area (Å²) in [6.07, 6.45) is 0.629. The van der Waals surface area contributed by atoms with E-state index in [4.69, 9.17) is 0 Å². The first-order chi connectivity index (χ1) is 8.81. The normalized spacial score (nSPS) is 12.7. The van der Waals surface area contributed by atoms with Crippen molar-refractivity contribution in [2.45, 2.75) is 39.8 Å². The van der Waals surface area contributed by atoms with E-state index in [2.05, 4.69) is 37.2 Å². The van der Waals surface area contributed by atoms with Crippen LogP contribution >= 0.6 is 31.9 Å². The highest BCUT2D eigenvalue weighted by Gasteiger charge is 2.18. The fourth-order valence-electron chi connectivity index (χ4n) is 1.78. The zero-order valence-corrected chi connectivity index (χ0v) is 14.5. The van der Waals surface area contributed by atoms with Crippen molar-refractivity contribution in [1.82, 2.24) is 5.32 Å². The van der Waals surface area contributed by atoms with Crippen LogP contribution in [0.3, 0.4) is 0 Å². The lowest BCUT2D eigenvalue weighted by atomic mass is 10.0. The van der Waals surface area contributed by atoms with E-state index in [0.717, 1.165) is 20.1 Å². The van der Waals surface area contributed by atoms with Gasteiger partial charge in [-0.3, -0.25) is 4.79 Å². The minimum absolute atomic E-state index is 0.352. The quantitative estimate of drug-likeness (QED) is 0.765. The van der Waals surface area contributed by atoms with Crippen molar-refractivity contribution in [1.29, 1.82) is 0 Å². The molecule has 1 unspecified atom stereocenters. The van der Waals surface area contributed by atoms with Crippen LogP contribution in [0.25, 0.3) is 0 Å². The van der Waals surface area contributed by atoms with E-state index in [-0.39, 0.29) is 0 Å². The van der Waals surface area contributed by atoms with Gasteiger partial charge in [0, 0.05) is 15.5 Å². The van der Waals surface area contributed by atoms with Crippen molar-refractivity contribution in [3.8, 4) is 0 Å². The first kappa shape index (κ1) is 16.7. The zero-order chi connectivity index (χ0) is 14.6. The van der Waals surface area contributed by atoms with Crippen LogP contribution in [-0.4, -0.2) is 17.1 Å². The van der Waals surface area contributed by atoms with E-state index in [1.807, 2.05) is 32.9 Å². The fraction of sp³-hybridized carbons (Fsp3) is 0.500. The van der Waals surface area contributed by atoms with E-state index in [1.165, 1.54) is 0 Å². The predicted octanol–water partition coefficient (Wildman–Crippen LogP) is 4.11. The summed E-state index contributed by atoms with van der Waals surface area (Å²) in [5.74, 6) is -0.441. The Balaban J connectivity index is 2.72. The van der Waals surface area contributed by atoms with Crippen LogP contribution in [0.5, 0.6) is 0 Å². The van der Waals surface area contributed by atoms with Crippen LogP contribution < -0.4 is 5.32 Å². The second-order valence-corrected chi connectivity index (χ2v) is 6.79. The third-order valence-corrected chi connectivity index (χ3v) is 4.55. The monoisotopic (exact) mass is 391 g/mol. The Morgan fingerprint density at radius 3 is 2.26 bits per heavy atom. The molecule has 3 nitrogen and oxygen atoms in total. The van der Waals surface area contributed by atoms with Gasteiger partial charge in [0.2, 0.25) is 0 Å². The van der Waals surface area contributed by atoms with Crippen LogP contribution in [0.1, 0.15) is 31.4 Å². The van der Waals surface area contributed by atoms with Gasteiger partial charge in [0.15, 0.2) is 0 Å². The molecule has 0 heterocycles. The van der Waals surface area contributed by atoms with Crippen molar-refractivity contribution in [2.24, 2.45) is 5.92 Å². The number of carboxylic acids is 1. The molecule has 5 heteroatoms. The Bertz CT molecular complexity index is 438. The summed E-state index contributed by atoms with van der Waals surface area (Å²) in [4.78, 5) is 11.2. The maximum Gasteiger partial charge on any atom is 0.320 e. The van der Waals surface area contributed by atoms with Crippen molar-refractivity contribution in [3.63, 3.8) is 0 Å². The van der Waals surface area contributed by atoms with Crippen molar-refractivity contribution in [2.75, 3.05) is 0 Å². The number of carbonyl (C=O) groups is 1. The minimum Gasteiger partial charge on any atom is -0.480 e. The van der Waals surface area contributed by atoms with Gasteiger partial charge < -0.3 is 10.4 Å². The van der Waals surface area contributed by atoms with Crippen LogP contribution in [0.4, 0.5) is 0 Å². The molecule has 0 spiro atoms. The van der Waals surface area contributed by atoms with E-state index in [9.17, 15) is 9.90 Å². The van der Waals surface area contributed by atoms with Gasteiger partial charge in [-0.1, -0.05) is 45.7 Å². The third kappa shape index (κ3) is 5.24. The van der Waals surface area contributed by atoms with Gasteiger partial charge in [0.25, 0.3) is 0 Å². The van der Waals surface area contributed by atoms with Gasteiger partial charge in [-0.2, -0.15) is 0 Å². The maximum atomic E-state index is 11.2. The molecule has 1 aromatic rings. The van der Waals surface area contributed by atoms with E-state index >= 15 is 0 Å². The predicted molar refractivity (Wildman–Crippen MR) is 84.3 cm³/mol. The lowest BCUT2D eigenvalue weighted by Crippen LogP contribution is -2.37.